The van der Waals surface area contributed by atoms with E-state index in [-0.39, 0.29) is 23.7 Å². The van der Waals surface area contributed by atoms with Crippen molar-refractivity contribution in [3.63, 3.8) is 0 Å². The average Bonchev–Trinajstić information content (AvgIpc) is 3.62. The van der Waals surface area contributed by atoms with Crippen LogP contribution in [0.2, 0.25) is 0 Å². The first-order valence-corrected chi connectivity index (χ1v) is 12.3. The van der Waals surface area contributed by atoms with Gasteiger partial charge in [-0.15, -0.1) is 0 Å². The molecule has 2 saturated carbocycles. The van der Waals surface area contributed by atoms with Crippen LogP contribution in [0.3, 0.4) is 0 Å². The van der Waals surface area contributed by atoms with Gasteiger partial charge in [-0.25, -0.2) is 4.79 Å². The number of hydrogen-bond donors (Lipinski definition) is 3. The first-order valence-electron chi connectivity index (χ1n) is 12.3. The molecule has 2 aliphatic carbocycles. The molecule has 10 radical (unpaired) electrons. The van der Waals surface area contributed by atoms with Crippen molar-refractivity contribution in [1.82, 2.24) is 9.55 Å². The molecule has 0 aromatic carbocycles. The zero-order valence-electron chi connectivity index (χ0n) is 20.8. The summed E-state index contributed by atoms with van der Waals surface area (Å²) in [4.78, 5) is 16.5. The number of aromatic nitrogens is 2. The van der Waals surface area contributed by atoms with Gasteiger partial charge >= 0.3 is 22.8 Å². The summed E-state index contributed by atoms with van der Waals surface area (Å²) in [6, 6.07) is 1.67. The molecule has 8 nitrogen and oxygen atoms in total. The predicted molar refractivity (Wildman–Crippen MR) is 134 cm³/mol. The average molecular weight is 539 g/mol. The molecule has 0 bridgehead atoms. The largest absolute Gasteiger partial charge is 2.00 e. The number of rotatable bonds is 11. The van der Waals surface area contributed by atoms with Crippen LogP contribution in [-0.2, 0) is 26.5 Å². The van der Waals surface area contributed by atoms with Gasteiger partial charge in [-0.2, -0.15) is 4.98 Å². The van der Waals surface area contributed by atoms with Gasteiger partial charge in [0.25, 0.3) is 0 Å². The number of unbranched alkanes of at least 4 members (excludes halogenated alkanes) is 1. The van der Waals surface area contributed by atoms with Crippen LogP contribution in [0.5, 0.6) is 0 Å². The van der Waals surface area contributed by atoms with Gasteiger partial charge in [-0.3, -0.25) is 4.57 Å². The number of nitrogens with zero attached hydrogens (tertiary/aromatic N) is 2. The van der Waals surface area contributed by atoms with Crippen molar-refractivity contribution in [2.75, 3.05) is 25.1 Å². The molecule has 3 aliphatic rings. The van der Waals surface area contributed by atoms with Gasteiger partial charge < -0.3 is 25.0 Å². The SMILES string of the molecule is CC(C)CNc1ccn([C@@H]2O[C@H](CO)[C@@H](OCCCC[C]3[CH][CH][CH][CH]3)[C@H]2O)c(=O)n1.[CH]1[CH][CH][CH][CH]1.[Fe+2]. The van der Waals surface area contributed by atoms with Crippen LogP contribution in [0, 0.1) is 69.6 Å². The third-order valence-corrected chi connectivity index (χ3v) is 5.74. The fraction of sp³-hybridized carbons (Fsp3) is 0.481. The Morgan fingerprint density at radius 1 is 1.11 bits per heavy atom. The van der Waals surface area contributed by atoms with E-state index in [0.29, 0.717) is 24.9 Å². The minimum atomic E-state index is -1.08. The molecular weight excluding hydrogens is 502 g/mol. The maximum absolute atomic E-state index is 12.4. The van der Waals surface area contributed by atoms with Crippen LogP contribution in [0.4, 0.5) is 5.82 Å². The van der Waals surface area contributed by atoms with Crippen molar-refractivity contribution in [1.29, 1.82) is 0 Å². The summed E-state index contributed by atoms with van der Waals surface area (Å²) in [7, 11) is 0. The minimum absolute atomic E-state index is 0. The Morgan fingerprint density at radius 2 is 1.78 bits per heavy atom. The second-order valence-corrected chi connectivity index (χ2v) is 9.06. The molecule has 0 spiro atoms. The number of hydrogen-bond acceptors (Lipinski definition) is 7. The molecule has 1 aromatic rings. The summed E-state index contributed by atoms with van der Waals surface area (Å²) in [5, 5.41) is 23.5. The van der Waals surface area contributed by atoms with Crippen molar-refractivity contribution in [2.45, 2.75) is 57.6 Å². The van der Waals surface area contributed by atoms with Crippen LogP contribution >= 0.6 is 0 Å². The quantitative estimate of drug-likeness (QED) is 0.293. The normalized spacial score (nSPS) is 26.0. The summed E-state index contributed by atoms with van der Waals surface area (Å²) in [5.74, 6) is 2.20. The van der Waals surface area contributed by atoms with E-state index in [1.165, 1.54) is 10.5 Å². The second kappa shape index (κ2) is 16.8. The van der Waals surface area contributed by atoms with Crippen molar-refractivity contribution < 1.29 is 36.8 Å². The number of nitrogens with one attached hydrogen (secondary N) is 1. The van der Waals surface area contributed by atoms with E-state index in [1.54, 1.807) is 12.3 Å². The number of aliphatic hydroxyl groups excluding tert-OH is 2. The fourth-order valence-corrected chi connectivity index (χ4v) is 3.87. The molecule has 4 rings (SSSR count). The van der Waals surface area contributed by atoms with E-state index in [2.05, 4.69) is 37.0 Å². The summed E-state index contributed by atoms with van der Waals surface area (Å²) in [5.41, 5.74) is -0.528. The summed E-state index contributed by atoms with van der Waals surface area (Å²) in [6.07, 6.45) is 19.1. The van der Waals surface area contributed by atoms with E-state index in [1.807, 2.05) is 44.9 Å². The summed E-state index contributed by atoms with van der Waals surface area (Å²) < 4.78 is 12.8. The van der Waals surface area contributed by atoms with E-state index < -0.39 is 30.2 Å². The third-order valence-electron chi connectivity index (χ3n) is 5.74. The predicted octanol–water partition coefficient (Wildman–Crippen LogP) is 2.54. The third kappa shape index (κ3) is 9.73. The molecule has 9 heteroatoms. The van der Waals surface area contributed by atoms with Gasteiger partial charge in [-0.05, 0) is 88.5 Å². The maximum Gasteiger partial charge on any atom is 2.00 e. The molecule has 1 saturated heterocycles. The van der Waals surface area contributed by atoms with Gasteiger partial charge in [0, 0.05) is 19.3 Å². The zero-order valence-corrected chi connectivity index (χ0v) is 22.0. The summed E-state index contributed by atoms with van der Waals surface area (Å²) >= 11 is 0. The maximum atomic E-state index is 12.4. The van der Waals surface area contributed by atoms with Crippen molar-refractivity contribution in [3.8, 4) is 0 Å². The molecule has 4 atom stereocenters. The minimum Gasteiger partial charge on any atom is -0.394 e. The van der Waals surface area contributed by atoms with Crippen LogP contribution in [-0.4, -0.2) is 57.8 Å². The van der Waals surface area contributed by atoms with Gasteiger partial charge in [0.15, 0.2) is 6.23 Å². The molecule has 3 fully saturated rings. The Labute approximate surface area is 227 Å². The van der Waals surface area contributed by atoms with Crippen molar-refractivity contribution in [3.05, 3.63) is 86.5 Å². The molecule has 196 valence electrons. The molecule has 36 heavy (non-hydrogen) atoms. The van der Waals surface area contributed by atoms with Gasteiger partial charge in [-0.1, -0.05) is 20.3 Å². The standard InChI is InChI=1S/C22H32N3O5.C5H5.Fe/c1-15(2)13-23-18-10-11-25(22(28)24-18)21-19(27)20(17(14-26)30-21)29-12-6-5-9-16-7-3-4-8-16;1-2-4-5-3-1;/h3-4,7-8,10-11,15,17,19-21,26-27H,5-6,9,12-14H2,1-2H3,(H,23,24,28);1-5H;/q;;+2/t17-,19-,20-,21-;;/m1../s1. The monoisotopic (exact) mass is 539 g/mol. The smallest absolute Gasteiger partial charge is 0.394 e. The molecule has 0 amide bonds. The topological polar surface area (TPSA) is 106 Å². The molecule has 1 aliphatic heterocycles. The van der Waals surface area contributed by atoms with Crippen molar-refractivity contribution in [2.24, 2.45) is 5.92 Å². The molecule has 2 heterocycles. The van der Waals surface area contributed by atoms with Gasteiger partial charge in [0.1, 0.15) is 24.1 Å². The Morgan fingerprint density at radius 3 is 2.36 bits per heavy atom. The molecule has 0 unspecified atom stereocenters. The van der Waals surface area contributed by atoms with Crippen LogP contribution in [0.15, 0.2) is 17.1 Å². The molecule has 1 aromatic heterocycles. The van der Waals surface area contributed by atoms with E-state index >= 15 is 0 Å². The van der Waals surface area contributed by atoms with Crippen molar-refractivity contribution >= 4 is 5.82 Å². The number of ether oxygens (including phenoxy) is 2. The number of anilines is 1. The number of aliphatic hydroxyl groups is 2. The molecular formula is C27H37FeN3O5+2. The fourth-order valence-electron chi connectivity index (χ4n) is 3.87. The van der Waals surface area contributed by atoms with E-state index in [9.17, 15) is 15.0 Å². The first-order chi connectivity index (χ1) is 17.0. The molecule has 3 N–H and O–H groups in total. The van der Waals surface area contributed by atoms with Gasteiger partial charge in [0.2, 0.25) is 0 Å². The van der Waals surface area contributed by atoms with E-state index in [4.69, 9.17) is 9.47 Å². The van der Waals surface area contributed by atoms with Crippen LogP contribution in [0.1, 0.15) is 39.3 Å². The van der Waals surface area contributed by atoms with Crippen LogP contribution in [0.25, 0.3) is 0 Å². The second-order valence-electron chi connectivity index (χ2n) is 9.06. The Kier molecular flexibility index (Phi) is 14.6. The van der Waals surface area contributed by atoms with Crippen LogP contribution < -0.4 is 11.0 Å². The Balaban J connectivity index is 0.000000678. The first kappa shape index (κ1) is 31.3. The Hall–Kier alpha value is -0.961. The van der Waals surface area contributed by atoms with E-state index in [0.717, 1.165) is 19.3 Å². The summed E-state index contributed by atoms with van der Waals surface area (Å²) in [6.45, 7) is 4.97. The Bertz CT molecular complexity index is 775. The van der Waals surface area contributed by atoms with Gasteiger partial charge in [0.05, 0.1) is 6.61 Å². The zero-order chi connectivity index (χ0) is 25.0.